The Labute approximate surface area is 191 Å². The molecule has 1 aliphatic heterocycles. The topological polar surface area (TPSA) is 79.2 Å². The van der Waals surface area contributed by atoms with E-state index in [4.69, 9.17) is 9.47 Å². The highest BCUT2D eigenvalue weighted by molar-refractivity contribution is 5.77. The predicted octanol–water partition coefficient (Wildman–Crippen LogP) is 3.74. The summed E-state index contributed by atoms with van der Waals surface area (Å²) in [4.78, 5) is 13.9. The molecule has 0 radical (unpaired) electrons. The van der Waals surface area contributed by atoms with E-state index in [9.17, 15) is 15.0 Å². The molecule has 3 fully saturated rings. The van der Waals surface area contributed by atoms with E-state index in [1.807, 2.05) is 25.1 Å². The third kappa shape index (κ3) is 4.49. The molecule has 0 spiro atoms. The van der Waals surface area contributed by atoms with Gasteiger partial charge in [0.1, 0.15) is 6.61 Å². The maximum atomic E-state index is 12.2. The summed E-state index contributed by atoms with van der Waals surface area (Å²) in [6.07, 6.45) is 8.47. The number of aliphatic hydroxyl groups is 2. The van der Waals surface area contributed by atoms with Crippen LogP contribution in [0.1, 0.15) is 70.3 Å². The summed E-state index contributed by atoms with van der Waals surface area (Å²) in [5, 5.41) is 19.9. The molecule has 32 heavy (non-hydrogen) atoms. The molecule has 6 heteroatoms. The van der Waals surface area contributed by atoms with Crippen molar-refractivity contribution in [3.8, 4) is 11.5 Å². The van der Waals surface area contributed by atoms with E-state index < -0.39 is 18.1 Å². The molecule has 1 saturated heterocycles. The normalized spacial score (nSPS) is 33.5. The number of hydrogen-bond acceptors (Lipinski definition) is 5. The Balaban J connectivity index is 1.56. The van der Waals surface area contributed by atoms with Crippen molar-refractivity contribution in [3.05, 3.63) is 23.8 Å². The number of likely N-dealkylation sites (tertiary alicyclic amines) is 1. The first-order valence-electron chi connectivity index (χ1n) is 12.3. The summed E-state index contributed by atoms with van der Waals surface area (Å²) in [6.45, 7) is 4.18. The highest BCUT2D eigenvalue weighted by Crippen LogP contribution is 2.47. The summed E-state index contributed by atoms with van der Waals surface area (Å²) < 4.78 is 12.2. The molecule has 1 aromatic rings. The number of nitrogens with zero attached hydrogens (tertiary/aromatic N) is 1. The predicted molar refractivity (Wildman–Crippen MR) is 123 cm³/mol. The van der Waals surface area contributed by atoms with Gasteiger partial charge in [0.15, 0.2) is 11.5 Å². The number of rotatable bonds is 6. The van der Waals surface area contributed by atoms with Crippen molar-refractivity contribution in [1.29, 1.82) is 0 Å². The first-order chi connectivity index (χ1) is 15.4. The number of hydrogen-bond donors (Lipinski definition) is 2. The van der Waals surface area contributed by atoms with Gasteiger partial charge in [-0.1, -0.05) is 38.7 Å². The van der Waals surface area contributed by atoms with E-state index in [-0.39, 0.29) is 17.9 Å². The van der Waals surface area contributed by atoms with Crippen LogP contribution in [0.3, 0.4) is 0 Å². The summed E-state index contributed by atoms with van der Waals surface area (Å²) in [7, 11) is 1.66. The molecule has 1 aromatic carbocycles. The van der Waals surface area contributed by atoms with Crippen LogP contribution in [0.15, 0.2) is 18.2 Å². The van der Waals surface area contributed by atoms with Gasteiger partial charge >= 0.3 is 0 Å². The molecule has 3 unspecified atom stereocenters. The van der Waals surface area contributed by atoms with Gasteiger partial charge in [0.05, 0.1) is 19.3 Å². The number of ether oxygens (including phenoxy) is 2. The lowest BCUT2D eigenvalue weighted by Gasteiger charge is -2.39. The van der Waals surface area contributed by atoms with Gasteiger partial charge in [0, 0.05) is 24.4 Å². The number of fused-ring (bicyclic) bond motifs is 1. The van der Waals surface area contributed by atoms with Gasteiger partial charge in [-0.05, 0) is 55.7 Å². The number of aliphatic hydroxyl groups excluding tert-OH is 2. The second kappa shape index (κ2) is 9.60. The molecule has 6 nitrogen and oxygen atoms in total. The van der Waals surface area contributed by atoms with E-state index in [1.165, 1.54) is 32.1 Å². The van der Waals surface area contributed by atoms with Gasteiger partial charge in [-0.2, -0.15) is 0 Å². The second-order valence-electron chi connectivity index (χ2n) is 10.4. The van der Waals surface area contributed by atoms with Gasteiger partial charge in [0.25, 0.3) is 0 Å². The zero-order chi connectivity index (χ0) is 22.9. The molecule has 0 aromatic heterocycles. The number of amides is 1. The molecule has 2 aliphatic carbocycles. The summed E-state index contributed by atoms with van der Waals surface area (Å²) >= 11 is 0. The molecule has 1 heterocycles. The summed E-state index contributed by atoms with van der Waals surface area (Å²) in [5.41, 5.74) is 0.528. The van der Waals surface area contributed by atoms with Crippen LogP contribution >= 0.6 is 0 Å². The van der Waals surface area contributed by atoms with Crippen molar-refractivity contribution >= 4 is 5.91 Å². The number of methoxy groups -OCH3 is 1. The third-order valence-electron chi connectivity index (χ3n) is 8.55. The minimum Gasteiger partial charge on any atom is -0.493 e. The molecule has 2 saturated carbocycles. The zero-order valence-corrected chi connectivity index (χ0v) is 19.8. The van der Waals surface area contributed by atoms with E-state index in [2.05, 4.69) is 0 Å². The summed E-state index contributed by atoms with van der Waals surface area (Å²) in [5.74, 6) is 2.78. The SMILES string of the molecule is COc1ccc([C@@H]2CN(C(=O)CO)C[C@@]2(C)[C@@H](C)O)cc1OC1CCC2CCCCC2C1. The lowest BCUT2D eigenvalue weighted by atomic mass is 9.70. The Morgan fingerprint density at radius 3 is 2.62 bits per heavy atom. The van der Waals surface area contributed by atoms with E-state index in [0.29, 0.717) is 13.1 Å². The molecule has 0 bridgehead atoms. The molecular weight excluding hydrogens is 406 g/mol. The Bertz CT molecular complexity index is 811. The largest absolute Gasteiger partial charge is 0.493 e. The Morgan fingerprint density at radius 2 is 1.94 bits per heavy atom. The molecular formula is C26H39NO5. The molecule has 4 rings (SSSR count). The standard InChI is InChI=1S/C26H39NO5/c1-17(29)26(2)16-27(25(30)15-28)14-22(26)20-9-11-23(31-3)24(13-20)32-21-10-8-18-6-4-5-7-19(18)12-21/h9,11,13,17-19,21-22,28-29H,4-8,10,12,14-16H2,1-3H3/t17-,18?,19?,21?,22+,26+/m1/s1. The van der Waals surface area contributed by atoms with Crippen molar-refractivity contribution in [2.24, 2.45) is 17.3 Å². The third-order valence-corrected chi connectivity index (χ3v) is 8.55. The van der Waals surface area contributed by atoms with Crippen LogP contribution in [0.5, 0.6) is 11.5 Å². The molecule has 2 N–H and O–H groups in total. The van der Waals surface area contributed by atoms with Crippen molar-refractivity contribution in [1.82, 2.24) is 4.90 Å². The molecule has 1 amide bonds. The van der Waals surface area contributed by atoms with Crippen LogP contribution < -0.4 is 9.47 Å². The fraction of sp³-hybridized carbons (Fsp3) is 0.731. The van der Waals surface area contributed by atoms with Crippen molar-refractivity contribution in [3.63, 3.8) is 0 Å². The highest BCUT2D eigenvalue weighted by atomic mass is 16.5. The number of carbonyl (C=O) groups is 1. The average molecular weight is 446 g/mol. The molecule has 3 aliphatic rings. The lowest BCUT2D eigenvalue weighted by molar-refractivity contribution is -0.133. The van der Waals surface area contributed by atoms with Crippen molar-refractivity contribution in [2.75, 3.05) is 26.8 Å². The van der Waals surface area contributed by atoms with Gasteiger partial charge in [-0.3, -0.25) is 4.79 Å². The van der Waals surface area contributed by atoms with Crippen LogP contribution in [0.4, 0.5) is 0 Å². The van der Waals surface area contributed by atoms with E-state index >= 15 is 0 Å². The maximum absolute atomic E-state index is 12.2. The van der Waals surface area contributed by atoms with Gasteiger partial charge < -0.3 is 24.6 Å². The first kappa shape index (κ1) is 23.4. The maximum Gasteiger partial charge on any atom is 0.248 e. The monoisotopic (exact) mass is 445 g/mol. The van der Waals surface area contributed by atoms with Crippen LogP contribution in [0.25, 0.3) is 0 Å². The van der Waals surface area contributed by atoms with Crippen LogP contribution in [0, 0.1) is 17.3 Å². The number of carbonyl (C=O) groups excluding carboxylic acids is 1. The van der Waals surface area contributed by atoms with Crippen LogP contribution in [0.2, 0.25) is 0 Å². The van der Waals surface area contributed by atoms with E-state index in [0.717, 1.165) is 41.7 Å². The molecule has 6 atom stereocenters. The first-order valence-corrected chi connectivity index (χ1v) is 12.3. The fourth-order valence-corrected chi connectivity index (χ4v) is 6.33. The second-order valence-corrected chi connectivity index (χ2v) is 10.4. The average Bonchev–Trinajstić information content (AvgIpc) is 3.17. The number of benzene rings is 1. The smallest absolute Gasteiger partial charge is 0.248 e. The van der Waals surface area contributed by atoms with Crippen molar-refractivity contribution < 1.29 is 24.5 Å². The Hall–Kier alpha value is -1.79. The van der Waals surface area contributed by atoms with Crippen LogP contribution in [-0.4, -0.2) is 60.0 Å². The van der Waals surface area contributed by atoms with Gasteiger partial charge in [-0.25, -0.2) is 0 Å². The Kier molecular flexibility index (Phi) is 7.01. The van der Waals surface area contributed by atoms with Crippen LogP contribution in [-0.2, 0) is 4.79 Å². The van der Waals surface area contributed by atoms with Crippen molar-refractivity contribution in [2.45, 2.75) is 76.9 Å². The minimum atomic E-state index is -0.600. The van der Waals surface area contributed by atoms with Gasteiger partial charge in [0.2, 0.25) is 5.91 Å². The summed E-state index contributed by atoms with van der Waals surface area (Å²) in [6, 6.07) is 6.00. The quantitative estimate of drug-likeness (QED) is 0.697. The fourth-order valence-electron chi connectivity index (χ4n) is 6.33. The van der Waals surface area contributed by atoms with E-state index in [1.54, 1.807) is 18.9 Å². The zero-order valence-electron chi connectivity index (χ0n) is 19.8. The highest BCUT2D eigenvalue weighted by Gasteiger charge is 2.48. The Morgan fingerprint density at radius 1 is 1.19 bits per heavy atom. The van der Waals surface area contributed by atoms with Gasteiger partial charge in [-0.15, -0.1) is 0 Å². The lowest BCUT2D eigenvalue weighted by Crippen LogP contribution is -2.38. The minimum absolute atomic E-state index is 0.0552. The molecule has 178 valence electrons.